The van der Waals surface area contributed by atoms with E-state index in [4.69, 9.17) is 0 Å². The summed E-state index contributed by atoms with van der Waals surface area (Å²) in [7, 11) is 0. The molecule has 0 aliphatic heterocycles. The van der Waals surface area contributed by atoms with Crippen molar-refractivity contribution in [1.29, 1.82) is 0 Å². The van der Waals surface area contributed by atoms with Gasteiger partial charge in [-0.05, 0) is 48.4 Å². The molecule has 1 fully saturated rings. The Kier molecular flexibility index (Phi) is 3.04. The zero-order valence-electron chi connectivity index (χ0n) is 11.7. The van der Waals surface area contributed by atoms with Gasteiger partial charge in [0.1, 0.15) is 0 Å². The second kappa shape index (κ2) is 5.02. The SMILES string of the molecule is c1cnc2c(c1)CCC2c1ccc(CNC2CC2)cc1. The fraction of sp³-hybridized carbons (Fsp3) is 0.389. The average Bonchev–Trinajstić information content (AvgIpc) is 3.23. The summed E-state index contributed by atoms with van der Waals surface area (Å²) in [6, 6.07) is 14.2. The largest absolute Gasteiger partial charge is 0.310 e. The highest BCUT2D eigenvalue weighted by Crippen LogP contribution is 2.36. The molecule has 2 aromatic rings. The Hall–Kier alpha value is -1.67. The minimum atomic E-state index is 0.497. The predicted octanol–water partition coefficient (Wildman–Crippen LogP) is 3.41. The quantitative estimate of drug-likeness (QED) is 0.915. The highest BCUT2D eigenvalue weighted by Gasteiger charge is 2.25. The van der Waals surface area contributed by atoms with Crippen molar-refractivity contribution in [2.45, 2.75) is 44.2 Å². The maximum absolute atomic E-state index is 4.59. The third-order valence-electron chi connectivity index (χ3n) is 4.51. The van der Waals surface area contributed by atoms with Crippen LogP contribution in [0.1, 0.15) is 47.6 Å². The summed E-state index contributed by atoms with van der Waals surface area (Å²) in [6.45, 7) is 1.00. The Balaban J connectivity index is 1.51. The van der Waals surface area contributed by atoms with Crippen LogP contribution in [0.4, 0.5) is 0 Å². The number of benzene rings is 1. The molecule has 2 aliphatic rings. The molecule has 0 spiro atoms. The number of nitrogens with zero attached hydrogens (tertiary/aromatic N) is 1. The number of fused-ring (bicyclic) bond motifs is 1. The maximum Gasteiger partial charge on any atom is 0.0510 e. The summed E-state index contributed by atoms with van der Waals surface area (Å²) >= 11 is 0. The van der Waals surface area contributed by atoms with Gasteiger partial charge >= 0.3 is 0 Å². The van der Waals surface area contributed by atoms with Crippen molar-refractivity contribution < 1.29 is 0 Å². The van der Waals surface area contributed by atoms with Crippen LogP contribution in [-0.4, -0.2) is 11.0 Å². The fourth-order valence-electron chi connectivity index (χ4n) is 3.15. The van der Waals surface area contributed by atoms with Crippen molar-refractivity contribution in [3.05, 3.63) is 65.0 Å². The van der Waals surface area contributed by atoms with Gasteiger partial charge in [0, 0.05) is 24.7 Å². The summed E-state index contributed by atoms with van der Waals surface area (Å²) in [5.74, 6) is 0.497. The van der Waals surface area contributed by atoms with E-state index in [1.807, 2.05) is 12.3 Å². The van der Waals surface area contributed by atoms with E-state index in [9.17, 15) is 0 Å². The molecule has 0 bridgehead atoms. The molecule has 102 valence electrons. The van der Waals surface area contributed by atoms with Crippen LogP contribution in [0.5, 0.6) is 0 Å². The summed E-state index contributed by atoms with van der Waals surface area (Å²) in [4.78, 5) is 4.59. The van der Waals surface area contributed by atoms with Gasteiger partial charge in [0.05, 0.1) is 5.69 Å². The maximum atomic E-state index is 4.59. The first-order valence-corrected chi connectivity index (χ1v) is 7.66. The van der Waals surface area contributed by atoms with Crippen LogP contribution in [0.2, 0.25) is 0 Å². The molecule has 0 saturated heterocycles. The van der Waals surface area contributed by atoms with Gasteiger partial charge in [0.15, 0.2) is 0 Å². The average molecular weight is 264 g/mol. The lowest BCUT2D eigenvalue weighted by Crippen LogP contribution is -2.15. The molecule has 20 heavy (non-hydrogen) atoms. The van der Waals surface area contributed by atoms with E-state index in [1.54, 1.807) is 0 Å². The molecular formula is C18H20N2. The van der Waals surface area contributed by atoms with Gasteiger partial charge in [-0.3, -0.25) is 4.98 Å². The van der Waals surface area contributed by atoms with Gasteiger partial charge in [0.2, 0.25) is 0 Å². The molecule has 4 rings (SSSR count). The van der Waals surface area contributed by atoms with Gasteiger partial charge < -0.3 is 5.32 Å². The minimum Gasteiger partial charge on any atom is -0.310 e. The van der Waals surface area contributed by atoms with E-state index < -0.39 is 0 Å². The number of nitrogens with one attached hydrogen (secondary N) is 1. The highest BCUT2D eigenvalue weighted by atomic mass is 14.9. The van der Waals surface area contributed by atoms with E-state index in [0.717, 1.165) is 12.6 Å². The van der Waals surface area contributed by atoms with Crippen LogP contribution in [-0.2, 0) is 13.0 Å². The van der Waals surface area contributed by atoms with Gasteiger partial charge in [-0.25, -0.2) is 0 Å². The topological polar surface area (TPSA) is 24.9 Å². The van der Waals surface area contributed by atoms with Crippen molar-refractivity contribution >= 4 is 0 Å². The molecule has 0 amide bonds. The van der Waals surface area contributed by atoms with Crippen LogP contribution in [0.25, 0.3) is 0 Å². The lowest BCUT2D eigenvalue weighted by Gasteiger charge is -2.12. The van der Waals surface area contributed by atoms with E-state index in [2.05, 4.69) is 40.6 Å². The first-order valence-electron chi connectivity index (χ1n) is 7.66. The Morgan fingerprint density at radius 2 is 1.90 bits per heavy atom. The Morgan fingerprint density at radius 1 is 1.05 bits per heavy atom. The first-order chi connectivity index (χ1) is 9.90. The molecule has 2 nitrogen and oxygen atoms in total. The highest BCUT2D eigenvalue weighted by molar-refractivity contribution is 5.38. The molecule has 2 aliphatic carbocycles. The molecular weight excluding hydrogens is 244 g/mol. The number of aryl methyl sites for hydroxylation is 1. The van der Waals surface area contributed by atoms with E-state index in [-0.39, 0.29) is 0 Å². The van der Waals surface area contributed by atoms with E-state index in [1.165, 1.54) is 48.1 Å². The summed E-state index contributed by atoms with van der Waals surface area (Å²) < 4.78 is 0. The minimum absolute atomic E-state index is 0.497. The Bertz CT molecular complexity index is 599. The van der Waals surface area contributed by atoms with Crippen molar-refractivity contribution in [2.75, 3.05) is 0 Å². The van der Waals surface area contributed by atoms with Gasteiger partial charge in [-0.1, -0.05) is 30.3 Å². The summed E-state index contributed by atoms with van der Waals surface area (Å²) in [6.07, 6.45) is 6.99. The van der Waals surface area contributed by atoms with E-state index >= 15 is 0 Å². The standard InChI is InChI=1S/C18H20N2/c1-2-15-7-10-17(18(15)19-11-1)14-5-3-13(4-6-14)12-20-16-8-9-16/h1-6,11,16-17,20H,7-10,12H2. The lowest BCUT2D eigenvalue weighted by molar-refractivity contribution is 0.687. The third-order valence-corrected chi connectivity index (χ3v) is 4.51. The van der Waals surface area contributed by atoms with Crippen molar-refractivity contribution in [2.24, 2.45) is 0 Å². The zero-order chi connectivity index (χ0) is 13.4. The normalized spacial score (nSPS) is 20.9. The molecule has 1 aromatic carbocycles. The second-order valence-electron chi connectivity index (χ2n) is 6.04. The third kappa shape index (κ3) is 2.36. The molecule has 1 aromatic heterocycles. The van der Waals surface area contributed by atoms with Crippen LogP contribution >= 0.6 is 0 Å². The zero-order valence-corrected chi connectivity index (χ0v) is 11.7. The molecule has 1 unspecified atom stereocenters. The van der Waals surface area contributed by atoms with Crippen molar-refractivity contribution in [3.8, 4) is 0 Å². The second-order valence-corrected chi connectivity index (χ2v) is 6.04. The number of rotatable bonds is 4. The molecule has 0 radical (unpaired) electrons. The lowest BCUT2D eigenvalue weighted by atomic mass is 9.95. The van der Waals surface area contributed by atoms with Crippen LogP contribution in [0, 0.1) is 0 Å². The molecule has 1 atom stereocenters. The molecule has 1 heterocycles. The van der Waals surface area contributed by atoms with Crippen molar-refractivity contribution in [1.82, 2.24) is 10.3 Å². The molecule has 1 N–H and O–H groups in total. The van der Waals surface area contributed by atoms with Gasteiger partial charge in [0.25, 0.3) is 0 Å². The smallest absolute Gasteiger partial charge is 0.0510 e. The summed E-state index contributed by atoms with van der Waals surface area (Å²) in [5.41, 5.74) is 5.52. The Labute approximate surface area is 120 Å². The van der Waals surface area contributed by atoms with Gasteiger partial charge in [-0.15, -0.1) is 0 Å². The van der Waals surface area contributed by atoms with Gasteiger partial charge in [-0.2, -0.15) is 0 Å². The van der Waals surface area contributed by atoms with Crippen molar-refractivity contribution in [3.63, 3.8) is 0 Å². The van der Waals surface area contributed by atoms with Crippen LogP contribution in [0.15, 0.2) is 42.6 Å². The fourth-order valence-corrected chi connectivity index (χ4v) is 3.15. The number of hydrogen-bond acceptors (Lipinski definition) is 2. The van der Waals surface area contributed by atoms with Crippen LogP contribution < -0.4 is 5.32 Å². The van der Waals surface area contributed by atoms with Crippen LogP contribution in [0.3, 0.4) is 0 Å². The first kappa shape index (κ1) is 12.1. The number of aromatic nitrogens is 1. The number of pyridine rings is 1. The molecule has 2 heteroatoms. The predicted molar refractivity (Wildman–Crippen MR) is 80.7 cm³/mol. The van der Waals surface area contributed by atoms with E-state index in [0.29, 0.717) is 5.92 Å². The summed E-state index contributed by atoms with van der Waals surface area (Å²) in [5, 5.41) is 3.57. The number of hydrogen-bond donors (Lipinski definition) is 1. The Morgan fingerprint density at radius 3 is 2.70 bits per heavy atom. The molecule has 1 saturated carbocycles. The monoisotopic (exact) mass is 264 g/mol.